The lowest BCUT2D eigenvalue weighted by molar-refractivity contribution is 0.101. The fraction of sp³-hybridized carbons (Fsp3) is 0.0625. The highest BCUT2D eigenvalue weighted by molar-refractivity contribution is 6.04. The van der Waals surface area contributed by atoms with E-state index >= 15 is 0 Å². The molecule has 3 rings (SSSR count). The van der Waals surface area contributed by atoms with Crippen molar-refractivity contribution in [1.29, 1.82) is 0 Å². The second-order valence-electron chi connectivity index (χ2n) is 4.50. The third-order valence-electron chi connectivity index (χ3n) is 3.14. The van der Waals surface area contributed by atoms with Crippen molar-refractivity contribution in [2.24, 2.45) is 0 Å². The number of aromatic nitrogens is 2. The van der Waals surface area contributed by atoms with Crippen molar-refractivity contribution in [2.45, 2.75) is 6.92 Å². The van der Waals surface area contributed by atoms with Crippen molar-refractivity contribution in [3.63, 3.8) is 0 Å². The second-order valence-corrected chi connectivity index (χ2v) is 4.50. The topological polar surface area (TPSA) is 52.0 Å². The number of para-hydroxylation sites is 1. The Morgan fingerprint density at radius 2 is 1.55 bits per heavy atom. The van der Waals surface area contributed by atoms with E-state index < -0.39 is 0 Å². The van der Waals surface area contributed by atoms with Crippen molar-refractivity contribution >= 4 is 16.6 Å². The third-order valence-corrected chi connectivity index (χ3v) is 3.14. The second kappa shape index (κ2) is 4.74. The summed E-state index contributed by atoms with van der Waals surface area (Å²) in [5.41, 5.74) is 0.728. The first-order valence-corrected chi connectivity index (χ1v) is 6.27. The molecule has 0 aliphatic rings. The molecule has 20 heavy (non-hydrogen) atoms. The van der Waals surface area contributed by atoms with Gasteiger partial charge in [0.1, 0.15) is 5.69 Å². The molecule has 0 bridgehead atoms. The Kier molecular flexibility index (Phi) is 2.91. The summed E-state index contributed by atoms with van der Waals surface area (Å²) in [6.45, 7) is 1.45. The van der Waals surface area contributed by atoms with Gasteiger partial charge in [-0.1, -0.05) is 36.4 Å². The van der Waals surface area contributed by atoms with E-state index in [1.165, 1.54) is 11.6 Å². The predicted octanol–water partition coefficient (Wildman–Crippen LogP) is 2.59. The van der Waals surface area contributed by atoms with Gasteiger partial charge in [0.15, 0.2) is 5.78 Å². The Labute approximate surface area is 115 Å². The molecule has 98 valence electrons. The molecule has 0 fully saturated rings. The van der Waals surface area contributed by atoms with Gasteiger partial charge in [0.25, 0.3) is 5.56 Å². The number of carbonyl (C=O) groups excluding carboxylic acids is 1. The SMILES string of the molecule is CC(=O)c1nn(-c2ccccc2)c(=O)c2ccccc12. The Bertz CT molecular complexity index is 851. The molecule has 0 atom stereocenters. The van der Waals surface area contributed by atoms with Crippen LogP contribution in [-0.4, -0.2) is 15.6 Å². The van der Waals surface area contributed by atoms with Gasteiger partial charge in [-0.05, 0) is 18.2 Å². The minimum atomic E-state index is -0.225. The molecule has 1 heterocycles. The van der Waals surface area contributed by atoms with E-state index in [1.54, 1.807) is 36.4 Å². The minimum absolute atomic E-state index is 0.161. The standard InChI is InChI=1S/C16H12N2O2/c1-11(19)15-13-9-5-6-10-14(13)16(20)18(17-15)12-7-3-2-4-8-12/h2-10H,1H3. The number of ketones is 1. The van der Waals surface area contributed by atoms with Gasteiger partial charge < -0.3 is 0 Å². The zero-order valence-electron chi connectivity index (χ0n) is 10.9. The van der Waals surface area contributed by atoms with Gasteiger partial charge in [-0.3, -0.25) is 9.59 Å². The summed E-state index contributed by atoms with van der Waals surface area (Å²) in [4.78, 5) is 24.3. The van der Waals surface area contributed by atoms with Crippen molar-refractivity contribution in [3.8, 4) is 5.69 Å². The number of benzene rings is 2. The summed E-state index contributed by atoms with van der Waals surface area (Å²) >= 11 is 0. The molecule has 0 saturated carbocycles. The van der Waals surface area contributed by atoms with E-state index in [9.17, 15) is 9.59 Å². The van der Waals surface area contributed by atoms with Crippen LogP contribution in [0.1, 0.15) is 17.4 Å². The molecule has 2 aromatic carbocycles. The quantitative estimate of drug-likeness (QED) is 0.668. The van der Waals surface area contributed by atoms with Crippen LogP contribution >= 0.6 is 0 Å². The highest BCUT2D eigenvalue weighted by Crippen LogP contribution is 2.15. The molecule has 0 spiro atoms. The van der Waals surface area contributed by atoms with Crippen LogP contribution in [0.15, 0.2) is 59.4 Å². The van der Waals surface area contributed by atoms with Gasteiger partial charge in [-0.25, -0.2) is 0 Å². The number of hydrogen-bond donors (Lipinski definition) is 0. The van der Waals surface area contributed by atoms with Gasteiger partial charge in [0.05, 0.1) is 11.1 Å². The molecule has 4 heteroatoms. The monoisotopic (exact) mass is 264 g/mol. The molecule has 0 amide bonds. The summed E-state index contributed by atoms with van der Waals surface area (Å²) in [6.07, 6.45) is 0. The number of fused-ring (bicyclic) bond motifs is 1. The van der Waals surface area contributed by atoms with E-state index in [1.807, 2.05) is 18.2 Å². The van der Waals surface area contributed by atoms with Crippen LogP contribution in [0, 0.1) is 0 Å². The predicted molar refractivity (Wildman–Crippen MR) is 77.3 cm³/mol. The van der Waals surface area contributed by atoms with E-state index in [-0.39, 0.29) is 11.3 Å². The van der Waals surface area contributed by atoms with Gasteiger partial charge >= 0.3 is 0 Å². The first kappa shape index (κ1) is 12.3. The third kappa shape index (κ3) is 1.91. The van der Waals surface area contributed by atoms with Crippen LogP contribution in [0.2, 0.25) is 0 Å². The van der Waals surface area contributed by atoms with Crippen molar-refractivity contribution in [2.75, 3.05) is 0 Å². The van der Waals surface area contributed by atoms with Crippen molar-refractivity contribution in [1.82, 2.24) is 9.78 Å². The number of rotatable bonds is 2. The maximum absolute atomic E-state index is 12.5. The highest BCUT2D eigenvalue weighted by Gasteiger charge is 2.13. The summed E-state index contributed by atoms with van der Waals surface area (Å²) in [5, 5.41) is 5.32. The molecule has 0 aliphatic carbocycles. The Hall–Kier alpha value is -2.75. The molecule has 3 aromatic rings. The van der Waals surface area contributed by atoms with Crippen LogP contribution in [0.4, 0.5) is 0 Å². The fourth-order valence-corrected chi connectivity index (χ4v) is 2.19. The molecule has 4 nitrogen and oxygen atoms in total. The summed E-state index contributed by atoms with van der Waals surface area (Å²) in [5.74, 6) is -0.161. The molecular formula is C16H12N2O2. The lowest BCUT2D eigenvalue weighted by atomic mass is 10.1. The minimum Gasteiger partial charge on any atom is -0.293 e. The van der Waals surface area contributed by atoms with Gasteiger partial charge in [-0.2, -0.15) is 9.78 Å². The molecule has 0 saturated heterocycles. The smallest absolute Gasteiger partial charge is 0.279 e. The fourth-order valence-electron chi connectivity index (χ4n) is 2.19. The van der Waals surface area contributed by atoms with Crippen LogP contribution < -0.4 is 5.56 Å². The van der Waals surface area contributed by atoms with Crippen molar-refractivity contribution in [3.05, 3.63) is 70.6 Å². The maximum Gasteiger partial charge on any atom is 0.279 e. The van der Waals surface area contributed by atoms with Gasteiger partial charge in [-0.15, -0.1) is 0 Å². The summed E-state index contributed by atoms with van der Waals surface area (Å²) < 4.78 is 1.28. The van der Waals surface area contributed by atoms with Gasteiger partial charge in [0.2, 0.25) is 0 Å². The van der Waals surface area contributed by atoms with Gasteiger partial charge in [0, 0.05) is 12.3 Å². The normalized spacial score (nSPS) is 10.7. The first-order chi connectivity index (χ1) is 9.68. The maximum atomic E-state index is 12.5. The molecular weight excluding hydrogens is 252 g/mol. The summed E-state index contributed by atoms with van der Waals surface area (Å²) in [6, 6.07) is 16.1. The molecule has 0 radical (unpaired) electrons. The van der Waals surface area contributed by atoms with E-state index in [0.717, 1.165) is 0 Å². The van der Waals surface area contributed by atoms with Crippen LogP contribution in [0.5, 0.6) is 0 Å². The van der Waals surface area contributed by atoms with E-state index in [2.05, 4.69) is 5.10 Å². The van der Waals surface area contributed by atoms with Crippen LogP contribution in [0.3, 0.4) is 0 Å². The molecule has 0 N–H and O–H groups in total. The zero-order valence-corrected chi connectivity index (χ0v) is 10.9. The lowest BCUT2D eigenvalue weighted by Crippen LogP contribution is -2.24. The molecule has 0 unspecified atom stereocenters. The molecule has 1 aromatic heterocycles. The Morgan fingerprint density at radius 3 is 2.20 bits per heavy atom. The Morgan fingerprint density at radius 1 is 0.950 bits per heavy atom. The van der Waals surface area contributed by atoms with E-state index in [4.69, 9.17) is 0 Å². The lowest BCUT2D eigenvalue weighted by Gasteiger charge is -2.09. The summed E-state index contributed by atoms with van der Waals surface area (Å²) in [7, 11) is 0. The number of hydrogen-bond acceptors (Lipinski definition) is 3. The van der Waals surface area contributed by atoms with Crippen molar-refractivity contribution < 1.29 is 4.79 Å². The number of carbonyl (C=O) groups is 1. The number of nitrogens with zero attached hydrogens (tertiary/aromatic N) is 2. The largest absolute Gasteiger partial charge is 0.293 e. The number of Topliss-reactive ketones (excluding diaryl/α,β-unsaturated/α-hetero) is 1. The van der Waals surface area contributed by atoms with Crippen LogP contribution in [0.25, 0.3) is 16.5 Å². The zero-order chi connectivity index (χ0) is 14.1. The van der Waals surface area contributed by atoms with E-state index in [0.29, 0.717) is 22.2 Å². The molecule has 0 aliphatic heterocycles. The first-order valence-electron chi connectivity index (χ1n) is 6.27. The average molecular weight is 264 g/mol. The average Bonchev–Trinajstić information content (AvgIpc) is 2.48. The Balaban J connectivity index is 2.43. The highest BCUT2D eigenvalue weighted by atomic mass is 16.1. The van der Waals surface area contributed by atoms with Crippen LogP contribution in [-0.2, 0) is 0 Å².